The van der Waals surface area contributed by atoms with Gasteiger partial charge in [-0.1, -0.05) is 64.0 Å². The van der Waals surface area contributed by atoms with Crippen LogP contribution >= 0.6 is 0 Å². The zero-order chi connectivity index (χ0) is 17.9. The van der Waals surface area contributed by atoms with Gasteiger partial charge in [-0.2, -0.15) is 0 Å². The van der Waals surface area contributed by atoms with E-state index >= 15 is 0 Å². The highest BCUT2D eigenvalue weighted by Crippen LogP contribution is 2.16. The summed E-state index contributed by atoms with van der Waals surface area (Å²) in [5.74, 6) is 0.359. The molecule has 0 aliphatic carbocycles. The molecule has 1 amide bonds. The Bertz CT molecular complexity index is 302. The van der Waals surface area contributed by atoms with Crippen LogP contribution in [-0.4, -0.2) is 17.6 Å². The largest absolute Gasteiger partial charge is 0.396 e. The fraction of sp³-hybridized carbons (Fsp3) is 0.857. The standard InChI is InChI=1S/C21H41NO2/c1-2-16-20(19-23)17-14-12-10-8-6-4-3-5-7-9-11-13-15-18-21(22)24/h3-4,20,23H,2,5-19H2,1H3,(H2,22,24)/b4-3-. The summed E-state index contributed by atoms with van der Waals surface area (Å²) >= 11 is 0. The van der Waals surface area contributed by atoms with E-state index in [-0.39, 0.29) is 5.91 Å². The maximum absolute atomic E-state index is 10.6. The first kappa shape index (κ1) is 23.2. The molecule has 0 aliphatic heterocycles. The zero-order valence-corrected chi connectivity index (χ0v) is 16.0. The van der Waals surface area contributed by atoms with Gasteiger partial charge in [0.1, 0.15) is 0 Å². The SMILES string of the molecule is CCCC(CO)CCCCCC/C=C\CCCCCCCC(N)=O. The van der Waals surface area contributed by atoms with E-state index in [1.165, 1.54) is 77.0 Å². The van der Waals surface area contributed by atoms with Gasteiger partial charge >= 0.3 is 0 Å². The number of carbonyl (C=O) groups excluding carboxylic acids is 1. The van der Waals surface area contributed by atoms with Crippen molar-refractivity contribution in [3.63, 3.8) is 0 Å². The van der Waals surface area contributed by atoms with Gasteiger partial charge in [0.25, 0.3) is 0 Å². The van der Waals surface area contributed by atoms with Crippen LogP contribution in [0.5, 0.6) is 0 Å². The van der Waals surface area contributed by atoms with Crippen LogP contribution in [0.2, 0.25) is 0 Å². The molecule has 3 N–H and O–H groups in total. The van der Waals surface area contributed by atoms with Crippen molar-refractivity contribution in [3.05, 3.63) is 12.2 Å². The van der Waals surface area contributed by atoms with Crippen molar-refractivity contribution < 1.29 is 9.90 Å². The molecule has 3 nitrogen and oxygen atoms in total. The number of amides is 1. The summed E-state index contributed by atoms with van der Waals surface area (Å²) in [4.78, 5) is 10.6. The summed E-state index contributed by atoms with van der Waals surface area (Å²) < 4.78 is 0. The molecule has 3 heteroatoms. The predicted molar refractivity (Wildman–Crippen MR) is 104 cm³/mol. The minimum atomic E-state index is -0.174. The minimum Gasteiger partial charge on any atom is -0.396 e. The Kier molecular flexibility index (Phi) is 17.9. The second kappa shape index (κ2) is 18.5. The van der Waals surface area contributed by atoms with E-state index in [4.69, 9.17) is 5.73 Å². The lowest BCUT2D eigenvalue weighted by Crippen LogP contribution is -2.09. The molecular weight excluding hydrogens is 298 g/mol. The zero-order valence-electron chi connectivity index (χ0n) is 16.0. The van der Waals surface area contributed by atoms with Gasteiger partial charge in [0.05, 0.1) is 0 Å². The second-order valence-corrected chi connectivity index (χ2v) is 7.07. The van der Waals surface area contributed by atoms with Gasteiger partial charge in [0, 0.05) is 13.0 Å². The quantitative estimate of drug-likeness (QED) is 0.255. The molecule has 0 spiro atoms. The molecule has 0 rings (SSSR count). The summed E-state index contributed by atoms with van der Waals surface area (Å²) in [6.07, 6.45) is 22.1. The third-order valence-electron chi connectivity index (χ3n) is 4.65. The number of primary amides is 1. The summed E-state index contributed by atoms with van der Waals surface area (Å²) in [6, 6.07) is 0. The number of allylic oxidation sites excluding steroid dienone is 2. The number of rotatable bonds is 18. The molecule has 0 saturated carbocycles. The molecule has 1 unspecified atom stereocenters. The van der Waals surface area contributed by atoms with Crippen LogP contribution in [0.4, 0.5) is 0 Å². The molecule has 0 bridgehead atoms. The van der Waals surface area contributed by atoms with Gasteiger partial charge in [-0.3, -0.25) is 4.79 Å². The van der Waals surface area contributed by atoms with Crippen molar-refractivity contribution >= 4 is 5.91 Å². The molecule has 142 valence electrons. The Morgan fingerprint density at radius 3 is 1.96 bits per heavy atom. The number of hydrogen-bond acceptors (Lipinski definition) is 2. The van der Waals surface area contributed by atoms with Crippen molar-refractivity contribution in [2.75, 3.05) is 6.61 Å². The fourth-order valence-electron chi connectivity index (χ4n) is 3.11. The van der Waals surface area contributed by atoms with E-state index in [1.807, 2.05) is 0 Å². The highest BCUT2D eigenvalue weighted by Gasteiger charge is 2.04. The van der Waals surface area contributed by atoms with Gasteiger partial charge in [0.15, 0.2) is 0 Å². The summed E-state index contributed by atoms with van der Waals surface area (Å²) in [5, 5.41) is 9.26. The van der Waals surface area contributed by atoms with Crippen LogP contribution in [0, 0.1) is 5.92 Å². The molecule has 0 fully saturated rings. The van der Waals surface area contributed by atoms with Crippen molar-refractivity contribution in [1.29, 1.82) is 0 Å². The van der Waals surface area contributed by atoms with E-state index in [9.17, 15) is 9.90 Å². The first-order valence-electron chi connectivity index (χ1n) is 10.2. The number of hydrogen-bond donors (Lipinski definition) is 2. The maximum atomic E-state index is 10.6. The monoisotopic (exact) mass is 339 g/mol. The van der Waals surface area contributed by atoms with Crippen molar-refractivity contribution in [2.45, 2.75) is 103 Å². The van der Waals surface area contributed by atoms with E-state index in [2.05, 4.69) is 19.1 Å². The molecule has 0 aromatic carbocycles. The average Bonchev–Trinajstić information content (AvgIpc) is 2.57. The molecule has 0 aromatic heterocycles. The Labute approximate surface area is 150 Å². The van der Waals surface area contributed by atoms with Crippen molar-refractivity contribution in [3.8, 4) is 0 Å². The van der Waals surface area contributed by atoms with Gasteiger partial charge in [-0.05, 0) is 50.9 Å². The maximum Gasteiger partial charge on any atom is 0.217 e. The van der Waals surface area contributed by atoms with Crippen LogP contribution < -0.4 is 5.73 Å². The molecule has 1 atom stereocenters. The number of unbranched alkanes of at least 4 members (excludes halogenated alkanes) is 9. The number of carbonyl (C=O) groups is 1. The van der Waals surface area contributed by atoms with Crippen LogP contribution in [0.25, 0.3) is 0 Å². The average molecular weight is 340 g/mol. The molecule has 0 aromatic rings. The highest BCUT2D eigenvalue weighted by molar-refractivity contribution is 5.73. The molecule has 0 heterocycles. The normalized spacial score (nSPS) is 12.8. The van der Waals surface area contributed by atoms with Crippen LogP contribution in [-0.2, 0) is 4.79 Å². The molecule has 0 saturated heterocycles. The number of nitrogens with two attached hydrogens (primary N) is 1. The van der Waals surface area contributed by atoms with E-state index in [0.717, 1.165) is 12.8 Å². The smallest absolute Gasteiger partial charge is 0.217 e. The van der Waals surface area contributed by atoms with E-state index < -0.39 is 0 Å². The molecular formula is C21H41NO2. The number of aliphatic hydroxyl groups excluding tert-OH is 1. The van der Waals surface area contributed by atoms with Crippen LogP contribution in [0.15, 0.2) is 12.2 Å². The Morgan fingerprint density at radius 2 is 1.42 bits per heavy atom. The van der Waals surface area contributed by atoms with E-state index in [1.54, 1.807) is 0 Å². The summed E-state index contributed by atoms with van der Waals surface area (Å²) in [5.41, 5.74) is 5.11. The first-order chi connectivity index (χ1) is 11.7. The van der Waals surface area contributed by atoms with Crippen molar-refractivity contribution in [2.24, 2.45) is 11.7 Å². The first-order valence-corrected chi connectivity index (χ1v) is 10.2. The second-order valence-electron chi connectivity index (χ2n) is 7.07. The van der Waals surface area contributed by atoms with Gasteiger partial charge in [-0.25, -0.2) is 0 Å². The predicted octanol–water partition coefficient (Wildman–Crippen LogP) is 5.51. The topological polar surface area (TPSA) is 63.3 Å². The molecule has 0 radical (unpaired) electrons. The Hall–Kier alpha value is -0.830. The lowest BCUT2D eigenvalue weighted by atomic mass is 9.97. The van der Waals surface area contributed by atoms with Crippen molar-refractivity contribution in [1.82, 2.24) is 0 Å². The van der Waals surface area contributed by atoms with Gasteiger partial charge < -0.3 is 10.8 Å². The minimum absolute atomic E-state index is 0.174. The Balaban J connectivity index is 3.22. The third-order valence-corrected chi connectivity index (χ3v) is 4.65. The summed E-state index contributed by atoms with van der Waals surface area (Å²) in [7, 11) is 0. The van der Waals surface area contributed by atoms with Crippen LogP contribution in [0.1, 0.15) is 103 Å². The number of aliphatic hydroxyl groups is 1. The third kappa shape index (κ3) is 17.5. The lowest BCUT2D eigenvalue weighted by Gasteiger charge is -2.12. The lowest BCUT2D eigenvalue weighted by molar-refractivity contribution is -0.118. The van der Waals surface area contributed by atoms with Gasteiger partial charge in [0.2, 0.25) is 5.91 Å². The molecule has 24 heavy (non-hydrogen) atoms. The van der Waals surface area contributed by atoms with Crippen LogP contribution in [0.3, 0.4) is 0 Å². The summed E-state index contributed by atoms with van der Waals surface area (Å²) in [6.45, 7) is 2.56. The Morgan fingerprint density at radius 1 is 0.875 bits per heavy atom. The molecule has 0 aliphatic rings. The highest BCUT2D eigenvalue weighted by atomic mass is 16.3. The fourth-order valence-corrected chi connectivity index (χ4v) is 3.11. The van der Waals surface area contributed by atoms with E-state index in [0.29, 0.717) is 18.9 Å². The van der Waals surface area contributed by atoms with Gasteiger partial charge in [-0.15, -0.1) is 0 Å².